The molecule has 1 N–H and O–H groups in total. The van der Waals surface area contributed by atoms with Gasteiger partial charge in [-0.1, -0.05) is 125 Å². The van der Waals surface area contributed by atoms with Crippen LogP contribution < -0.4 is 0 Å². The van der Waals surface area contributed by atoms with Gasteiger partial charge in [0.25, 0.3) is 0 Å². The van der Waals surface area contributed by atoms with Crippen LogP contribution >= 0.6 is 0 Å². The van der Waals surface area contributed by atoms with E-state index in [9.17, 15) is 0 Å². The van der Waals surface area contributed by atoms with Crippen LogP contribution in [0.25, 0.3) is 5.73 Å². The Labute approximate surface area is 195 Å². The van der Waals surface area contributed by atoms with E-state index in [1.54, 1.807) is 0 Å². The van der Waals surface area contributed by atoms with Gasteiger partial charge in [0.15, 0.2) is 0 Å². The van der Waals surface area contributed by atoms with Crippen LogP contribution in [0, 0.1) is 34.1 Å². The first-order valence-corrected chi connectivity index (χ1v) is 10.6. The van der Waals surface area contributed by atoms with Crippen molar-refractivity contribution in [2.75, 3.05) is 0 Å². The number of hydrogen-bond acceptors (Lipinski definition) is 0. The Morgan fingerprint density at radius 3 is 1.07 bits per heavy atom. The third kappa shape index (κ3) is 31.7. The van der Waals surface area contributed by atoms with Crippen LogP contribution in [0.5, 0.6) is 0 Å². The molecule has 0 aliphatic heterocycles. The van der Waals surface area contributed by atoms with Gasteiger partial charge in [-0.2, -0.15) is 0 Å². The molecule has 2 rings (SSSR count). The zero-order chi connectivity index (χ0) is 17.6. The van der Waals surface area contributed by atoms with E-state index in [0.29, 0.717) is 0 Å². The van der Waals surface area contributed by atoms with E-state index in [4.69, 9.17) is 5.73 Å². The molecule has 0 spiro atoms. The second kappa shape index (κ2) is 24.9. The van der Waals surface area contributed by atoms with Gasteiger partial charge in [-0.25, -0.2) is 0 Å². The molecule has 1 nitrogen and oxygen atoms in total. The van der Waals surface area contributed by atoms with Crippen molar-refractivity contribution in [1.29, 1.82) is 0 Å². The summed E-state index contributed by atoms with van der Waals surface area (Å²) in [5, 5.41) is 0. The smallest absolute Gasteiger partial charge is 0.673 e. The van der Waals surface area contributed by atoms with Gasteiger partial charge >= 0.3 is 25.8 Å². The minimum atomic E-state index is -0.250. The van der Waals surface area contributed by atoms with E-state index >= 15 is 0 Å². The third-order valence-electron chi connectivity index (χ3n) is 4.88. The Morgan fingerprint density at radius 2 is 0.889 bits per heavy atom. The zero-order valence-corrected chi connectivity index (χ0v) is 24.1. The van der Waals surface area contributed by atoms with E-state index in [2.05, 4.69) is 13.8 Å². The number of nitrogens with one attached hydrogen (secondary N) is 1. The molecule has 0 aromatic rings. The first kappa shape index (κ1) is 38.4. The zero-order valence-electron chi connectivity index (χ0n) is 20.6. The number of unbranched alkanes of at least 4 members (excludes halogenated alkanes) is 2. The largest absolute Gasteiger partial charge is 4.00 e. The average molecular weight is 548 g/mol. The second-order valence-corrected chi connectivity index (χ2v) is 8.84. The molecule has 0 heterocycles. The second-order valence-electron chi connectivity index (χ2n) is 8.84. The molecule has 0 unspecified atom stereocenters. The van der Waals surface area contributed by atoms with Gasteiger partial charge in [0.05, 0.1) is 0 Å². The van der Waals surface area contributed by atoms with Crippen LogP contribution in [0.4, 0.5) is 0 Å². The van der Waals surface area contributed by atoms with Gasteiger partial charge in [0.2, 0.25) is 0 Å². The molecule has 0 radical (unpaired) electrons. The Morgan fingerprint density at radius 1 is 0.667 bits per heavy atom. The molecular weight excluding hydrogens is 493 g/mol. The van der Waals surface area contributed by atoms with Gasteiger partial charge in [0.1, 0.15) is 0 Å². The van der Waals surface area contributed by atoms with Gasteiger partial charge < -0.3 is 28.0 Å². The van der Waals surface area contributed by atoms with Crippen molar-refractivity contribution in [3.8, 4) is 0 Å². The molecule has 2 aliphatic rings. The van der Waals surface area contributed by atoms with Gasteiger partial charge in [-0.05, 0) is 11.8 Å². The van der Waals surface area contributed by atoms with E-state index in [1.165, 1.54) is 89.9 Å². The maximum Gasteiger partial charge on any atom is 4.00 e. The predicted molar refractivity (Wildman–Crippen MR) is 126 cm³/mol. The summed E-state index contributed by atoms with van der Waals surface area (Å²) < 4.78 is 0. The molecule has 2 saturated carbocycles. The molecule has 0 aromatic heterocycles. The average Bonchev–Trinajstić information content (AvgIpc) is 3.15. The number of rotatable bonds is 6. The minimum Gasteiger partial charge on any atom is -0.673 e. The molecule has 2 fully saturated rings. The fraction of sp³-hybridized carbons (Fsp3) is 0.880. The molecule has 0 aromatic carbocycles. The fourth-order valence-electron chi connectivity index (χ4n) is 3.58. The summed E-state index contributed by atoms with van der Waals surface area (Å²) in [5.74, 6) is 2.23. The van der Waals surface area contributed by atoms with Crippen LogP contribution in [0.3, 0.4) is 0 Å². The topological polar surface area (TPSA) is 23.8 Å². The normalized spacial score (nSPS) is 16.2. The maximum absolute atomic E-state index is 6.94. The predicted octanol–water partition coefficient (Wildman–Crippen LogP) is 9.92. The van der Waals surface area contributed by atoms with Crippen molar-refractivity contribution in [3.05, 3.63) is 28.0 Å². The van der Waals surface area contributed by atoms with Crippen molar-refractivity contribution in [2.45, 2.75) is 130 Å². The minimum absolute atomic E-state index is 0. The molecule has 2 aliphatic carbocycles. The molecule has 2 heteroatoms. The number of hydrogen-bond donors (Lipinski definition) is 0. The Bertz CT molecular complexity index is 209. The Kier molecular flexibility index (Phi) is 35.4. The monoisotopic (exact) mass is 549 g/mol. The summed E-state index contributed by atoms with van der Waals surface area (Å²) in [7, 11) is 0. The summed E-state index contributed by atoms with van der Waals surface area (Å²) in [5.41, 5.74) is 6.69. The molecule has 0 atom stereocenters. The summed E-state index contributed by atoms with van der Waals surface area (Å²) in [6.45, 7) is 10.1. The summed E-state index contributed by atoms with van der Waals surface area (Å²) in [6.07, 6.45) is 20.9. The standard InChI is InChI=1S/2C9H18.C4H10N.3CH3.Hf/c2*1-2-3-6-9-7-4-5-8-9;1-4(2,3)5;;;;/h2*9H,2-8H2,1H3;5H,1-3H3;3*1H3;/q;;4*-1;+4. The fourth-order valence-corrected chi connectivity index (χ4v) is 3.58. The van der Waals surface area contributed by atoms with Gasteiger partial charge in [-0.15, -0.1) is 5.54 Å². The quantitative estimate of drug-likeness (QED) is 0.233. The molecule has 27 heavy (non-hydrogen) atoms. The molecule has 0 bridgehead atoms. The van der Waals surface area contributed by atoms with Crippen LogP contribution in [0.1, 0.15) is 125 Å². The first-order chi connectivity index (χ1) is 10.9. The molecule has 0 amide bonds. The van der Waals surface area contributed by atoms with Crippen LogP contribution in [-0.4, -0.2) is 5.54 Å². The van der Waals surface area contributed by atoms with E-state index in [1.807, 2.05) is 20.8 Å². The summed E-state index contributed by atoms with van der Waals surface area (Å²) in [4.78, 5) is 0. The van der Waals surface area contributed by atoms with Crippen molar-refractivity contribution in [2.24, 2.45) is 11.8 Å². The Balaban J connectivity index is -0.0000000867. The van der Waals surface area contributed by atoms with Crippen LogP contribution in [0.2, 0.25) is 0 Å². The van der Waals surface area contributed by atoms with E-state index < -0.39 is 0 Å². The molecule has 164 valence electrons. The molecule has 0 saturated heterocycles. The van der Waals surface area contributed by atoms with Gasteiger partial charge in [-0.3, -0.25) is 0 Å². The van der Waals surface area contributed by atoms with Crippen molar-refractivity contribution in [1.82, 2.24) is 0 Å². The van der Waals surface area contributed by atoms with Crippen molar-refractivity contribution >= 4 is 0 Å². The third-order valence-corrected chi connectivity index (χ3v) is 4.88. The molecular formula is C25H55HfN. The maximum atomic E-state index is 6.94. The van der Waals surface area contributed by atoms with Crippen LogP contribution in [-0.2, 0) is 25.8 Å². The van der Waals surface area contributed by atoms with Crippen molar-refractivity contribution < 1.29 is 25.8 Å². The summed E-state index contributed by atoms with van der Waals surface area (Å²) >= 11 is 0. The SMILES string of the molecule is CC(C)(C)[NH-].CCCCC1CCCC1.CCCCC1CCCC1.[CH3-].[CH3-].[CH3-].[Hf+4]. The Hall–Kier alpha value is 0.830. The van der Waals surface area contributed by atoms with E-state index in [-0.39, 0.29) is 53.7 Å². The van der Waals surface area contributed by atoms with E-state index in [0.717, 1.165) is 11.8 Å². The summed E-state index contributed by atoms with van der Waals surface area (Å²) in [6, 6.07) is 0. The van der Waals surface area contributed by atoms with Gasteiger partial charge in [0, 0.05) is 0 Å². The van der Waals surface area contributed by atoms with Crippen LogP contribution in [0.15, 0.2) is 0 Å². The van der Waals surface area contributed by atoms with Crippen molar-refractivity contribution in [3.63, 3.8) is 0 Å². The first-order valence-electron chi connectivity index (χ1n) is 10.6.